The molecule has 0 saturated carbocycles. The second-order valence-corrected chi connectivity index (χ2v) is 8.84. The van der Waals surface area contributed by atoms with E-state index in [2.05, 4.69) is 4.98 Å². The lowest BCUT2D eigenvalue weighted by atomic mass is 9.95. The first-order valence-corrected chi connectivity index (χ1v) is 10.5. The number of anilines is 1. The highest BCUT2D eigenvalue weighted by atomic mass is 35.5. The van der Waals surface area contributed by atoms with Gasteiger partial charge >= 0.3 is 5.91 Å². The van der Waals surface area contributed by atoms with Crippen molar-refractivity contribution in [3.63, 3.8) is 0 Å². The fraction of sp³-hybridized carbons (Fsp3) is 0.174. The second kappa shape index (κ2) is 7.70. The summed E-state index contributed by atoms with van der Waals surface area (Å²) in [5.74, 6) is -1.67. The van der Waals surface area contributed by atoms with Crippen molar-refractivity contribution in [2.45, 2.75) is 26.8 Å². The van der Waals surface area contributed by atoms with E-state index in [1.54, 1.807) is 24.3 Å². The molecule has 1 aromatic heterocycles. The van der Waals surface area contributed by atoms with Gasteiger partial charge in [0.2, 0.25) is 0 Å². The van der Waals surface area contributed by atoms with Crippen LogP contribution in [0.3, 0.4) is 0 Å². The van der Waals surface area contributed by atoms with Crippen LogP contribution in [0.2, 0.25) is 5.02 Å². The van der Waals surface area contributed by atoms with Crippen LogP contribution < -0.4 is 4.90 Å². The van der Waals surface area contributed by atoms with Crippen LogP contribution in [0, 0.1) is 20.8 Å². The van der Waals surface area contributed by atoms with E-state index < -0.39 is 17.7 Å². The summed E-state index contributed by atoms with van der Waals surface area (Å²) in [5.41, 5.74) is 3.03. The maximum Gasteiger partial charge on any atom is 0.301 e. The van der Waals surface area contributed by atoms with Gasteiger partial charge in [-0.1, -0.05) is 41.4 Å². The van der Waals surface area contributed by atoms with E-state index in [-0.39, 0.29) is 11.3 Å². The van der Waals surface area contributed by atoms with Gasteiger partial charge in [-0.15, -0.1) is 11.3 Å². The summed E-state index contributed by atoms with van der Waals surface area (Å²) in [6, 6.07) is 13.3. The van der Waals surface area contributed by atoms with Gasteiger partial charge in [0.05, 0.1) is 17.3 Å². The summed E-state index contributed by atoms with van der Waals surface area (Å²) in [6.45, 7) is 5.74. The third-order valence-electron chi connectivity index (χ3n) is 5.18. The molecular weight excluding hydrogens is 420 g/mol. The summed E-state index contributed by atoms with van der Waals surface area (Å²) >= 11 is 7.30. The Balaban J connectivity index is 1.94. The highest BCUT2D eigenvalue weighted by Crippen LogP contribution is 2.43. The first-order valence-electron chi connectivity index (χ1n) is 9.35. The van der Waals surface area contributed by atoms with E-state index in [4.69, 9.17) is 11.6 Å². The van der Waals surface area contributed by atoms with E-state index in [0.717, 1.165) is 21.7 Å². The van der Waals surface area contributed by atoms with Gasteiger partial charge in [0.1, 0.15) is 5.76 Å². The van der Waals surface area contributed by atoms with Crippen molar-refractivity contribution in [3.8, 4) is 0 Å². The number of benzene rings is 2. The molecule has 152 valence electrons. The highest BCUT2D eigenvalue weighted by molar-refractivity contribution is 7.16. The standard InChI is InChI=1S/C23H19ClN2O3S/c1-12-4-6-15(7-5-12)19-18(20(27)16-8-10-17(24)11-9-16)21(28)22(29)26(19)23-25-13(2)14(3)30-23/h4-11,19,27H,1-3H3/t19-/m0/s1. The fourth-order valence-corrected chi connectivity index (χ4v) is 4.48. The zero-order valence-electron chi connectivity index (χ0n) is 16.6. The molecule has 4 rings (SSSR count). The molecule has 1 N–H and O–H groups in total. The van der Waals surface area contributed by atoms with Gasteiger partial charge in [-0.05, 0) is 50.6 Å². The number of hydrogen-bond donors (Lipinski definition) is 1. The zero-order valence-corrected chi connectivity index (χ0v) is 18.2. The van der Waals surface area contributed by atoms with Crippen molar-refractivity contribution < 1.29 is 14.7 Å². The number of carbonyl (C=O) groups excluding carboxylic acids is 2. The lowest BCUT2D eigenvalue weighted by Gasteiger charge is -2.23. The van der Waals surface area contributed by atoms with Crippen LogP contribution >= 0.6 is 22.9 Å². The topological polar surface area (TPSA) is 70.5 Å². The Bertz CT molecular complexity index is 1160. The number of hydrogen-bond acceptors (Lipinski definition) is 5. The maximum atomic E-state index is 13.1. The summed E-state index contributed by atoms with van der Waals surface area (Å²) in [4.78, 5) is 33.0. The van der Waals surface area contributed by atoms with Crippen molar-refractivity contribution in [1.82, 2.24) is 4.98 Å². The van der Waals surface area contributed by atoms with Crippen LogP contribution in [0.1, 0.15) is 33.3 Å². The number of nitrogens with zero attached hydrogens (tertiary/aromatic N) is 2. The highest BCUT2D eigenvalue weighted by Gasteiger charge is 2.48. The van der Waals surface area contributed by atoms with Crippen LogP contribution in [-0.2, 0) is 9.59 Å². The lowest BCUT2D eigenvalue weighted by molar-refractivity contribution is -0.132. The molecule has 1 aliphatic rings. The lowest BCUT2D eigenvalue weighted by Crippen LogP contribution is -2.29. The Labute approximate surface area is 183 Å². The van der Waals surface area contributed by atoms with Gasteiger partial charge < -0.3 is 5.11 Å². The number of aryl methyl sites for hydroxylation is 3. The van der Waals surface area contributed by atoms with Crippen LogP contribution in [0.25, 0.3) is 5.76 Å². The molecule has 0 spiro atoms. The Kier molecular flexibility index (Phi) is 5.22. The summed E-state index contributed by atoms with van der Waals surface area (Å²) in [7, 11) is 0. The van der Waals surface area contributed by atoms with Gasteiger partial charge in [-0.25, -0.2) is 4.98 Å². The molecule has 0 unspecified atom stereocenters. The molecule has 3 aromatic rings. The second-order valence-electron chi connectivity index (χ2n) is 7.22. The molecule has 1 aliphatic heterocycles. The minimum atomic E-state index is -0.772. The summed E-state index contributed by atoms with van der Waals surface area (Å²) in [5, 5.41) is 12.0. The Morgan fingerprint density at radius 3 is 2.23 bits per heavy atom. The SMILES string of the molecule is Cc1ccc([C@H]2C(=C(O)c3ccc(Cl)cc3)C(=O)C(=O)N2c2nc(C)c(C)s2)cc1. The van der Waals surface area contributed by atoms with Crippen molar-refractivity contribution in [2.75, 3.05) is 4.90 Å². The Morgan fingerprint density at radius 1 is 1.03 bits per heavy atom. The number of aromatic nitrogens is 1. The molecule has 1 saturated heterocycles. The monoisotopic (exact) mass is 438 g/mol. The third kappa shape index (κ3) is 3.42. The molecule has 1 amide bonds. The van der Waals surface area contributed by atoms with Crippen LogP contribution in [0.4, 0.5) is 5.13 Å². The van der Waals surface area contributed by atoms with Crippen molar-refractivity contribution in [2.24, 2.45) is 0 Å². The molecular formula is C23H19ClN2O3S. The number of Topliss-reactive ketones (excluding diaryl/α,β-unsaturated/α-hetero) is 1. The normalized spacial score (nSPS) is 18.3. The average Bonchev–Trinajstić information content (AvgIpc) is 3.18. The Morgan fingerprint density at radius 2 is 1.67 bits per heavy atom. The maximum absolute atomic E-state index is 13.1. The molecule has 2 heterocycles. The number of halogens is 1. The van der Waals surface area contributed by atoms with Crippen LogP contribution in [-0.4, -0.2) is 21.8 Å². The Hall–Kier alpha value is -2.96. The third-order valence-corrected chi connectivity index (χ3v) is 6.50. The molecule has 1 atom stereocenters. The van der Waals surface area contributed by atoms with E-state index in [1.165, 1.54) is 16.2 Å². The number of aliphatic hydroxyl groups excluding tert-OH is 1. The summed E-state index contributed by atoms with van der Waals surface area (Å²) in [6.07, 6.45) is 0. The molecule has 7 heteroatoms. The van der Waals surface area contributed by atoms with E-state index in [0.29, 0.717) is 15.7 Å². The number of aliphatic hydroxyl groups is 1. The number of amides is 1. The zero-order chi connectivity index (χ0) is 21.6. The van der Waals surface area contributed by atoms with E-state index >= 15 is 0 Å². The largest absolute Gasteiger partial charge is 0.507 e. The van der Waals surface area contributed by atoms with Gasteiger partial charge in [-0.2, -0.15) is 0 Å². The number of thiazole rings is 1. The number of rotatable bonds is 3. The molecule has 0 aliphatic carbocycles. The minimum Gasteiger partial charge on any atom is -0.507 e. The molecule has 1 fully saturated rings. The van der Waals surface area contributed by atoms with Gasteiger partial charge in [-0.3, -0.25) is 14.5 Å². The summed E-state index contributed by atoms with van der Waals surface area (Å²) < 4.78 is 0. The number of ketones is 1. The smallest absolute Gasteiger partial charge is 0.301 e. The molecule has 2 aromatic carbocycles. The molecule has 5 nitrogen and oxygen atoms in total. The van der Waals surface area contributed by atoms with Gasteiger partial charge in [0, 0.05) is 15.5 Å². The average molecular weight is 439 g/mol. The quantitative estimate of drug-likeness (QED) is 0.340. The minimum absolute atomic E-state index is 0.0386. The molecule has 0 bridgehead atoms. The van der Waals surface area contributed by atoms with E-state index in [1.807, 2.05) is 45.0 Å². The van der Waals surface area contributed by atoms with E-state index in [9.17, 15) is 14.7 Å². The van der Waals surface area contributed by atoms with Crippen molar-refractivity contribution >= 4 is 45.5 Å². The molecule has 0 radical (unpaired) electrons. The van der Waals surface area contributed by atoms with Crippen molar-refractivity contribution in [3.05, 3.63) is 86.4 Å². The predicted octanol–water partition coefficient (Wildman–Crippen LogP) is 5.35. The fourth-order valence-electron chi connectivity index (χ4n) is 3.42. The number of carbonyl (C=O) groups is 2. The molecule has 30 heavy (non-hydrogen) atoms. The first-order chi connectivity index (χ1) is 14.3. The van der Waals surface area contributed by atoms with Crippen LogP contribution in [0.15, 0.2) is 54.1 Å². The van der Waals surface area contributed by atoms with Crippen molar-refractivity contribution in [1.29, 1.82) is 0 Å². The first kappa shape index (κ1) is 20.3. The predicted molar refractivity (Wildman–Crippen MR) is 119 cm³/mol. The van der Waals surface area contributed by atoms with Gasteiger partial charge in [0.15, 0.2) is 5.13 Å². The van der Waals surface area contributed by atoms with Crippen LogP contribution in [0.5, 0.6) is 0 Å². The van der Waals surface area contributed by atoms with Gasteiger partial charge in [0.25, 0.3) is 5.78 Å².